The van der Waals surface area contributed by atoms with E-state index in [-0.39, 0.29) is 0 Å². The normalized spacial score (nSPS) is 12.9. The summed E-state index contributed by atoms with van der Waals surface area (Å²) in [6, 6.07) is 6.46. The first kappa shape index (κ1) is 11.7. The standard InChI is InChI=1S/C13H15NS2/c1-3-4-11-10(9(2)16-15)5-6-13-12(11)7-8-14-13/h3,5-9,14-15H,1,4H2,2H3. The number of aromatic amines is 1. The molecule has 1 aromatic carbocycles. The van der Waals surface area contributed by atoms with Gasteiger partial charge in [0.05, 0.1) is 0 Å². The van der Waals surface area contributed by atoms with Crippen LogP contribution in [0.4, 0.5) is 0 Å². The molecule has 0 radical (unpaired) electrons. The summed E-state index contributed by atoms with van der Waals surface area (Å²) in [7, 11) is 1.58. The molecule has 0 amide bonds. The van der Waals surface area contributed by atoms with Crippen LogP contribution in [0.1, 0.15) is 23.3 Å². The summed E-state index contributed by atoms with van der Waals surface area (Å²) < 4.78 is 0. The van der Waals surface area contributed by atoms with Gasteiger partial charge in [0.2, 0.25) is 0 Å². The van der Waals surface area contributed by atoms with E-state index >= 15 is 0 Å². The first-order valence-corrected chi connectivity index (χ1v) is 7.21. The van der Waals surface area contributed by atoms with Crippen LogP contribution in [0.3, 0.4) is 0 Å². The quantitative estimate of drug-likeness (QED) is 0.462. The van der Waals surface area contributed by atoms with Gasteiger partial charge in [0.1, 0.15) is 0 Å². The zero-order valence-corrected chi connectivity index (χ0v) is 10.9. The smallest absolute Gasteiger partial charge is 0.0457 e. The van der Waals surface area contributed by atoms with Crippen LogP contribution in [0.2, 0.25) is 0 Å². The van der Waals surface area contributed by atoms with Gasteiger partial charge in [0.25, 0.3) is 0 Å². The zero-order chi connectivity index (χ0) is 11.5. The van der Waals surface area contributed by atoms with E-state index in [1.807, 2.05) is 12.3 Å². The lowest BCUT2D eigenvalue weighted by molar-refractivity contribution is 1.07. The molecule has 3 heteroatoms. The van der Waals surface area contributed by atoms with Crippen LogP contribution in [-0.2, 0) is 6.42 Å². The molecule has 0 spiro atoms. The van der Waals surface area contributed by atoms with Gasteiger partial charge in [-0.1, -0.05) is 22.9 Å². The predicted molar refractivity (Wildman–Crippen MR) is 77.2 cm³/mol. The number of H-pyrrole nitrogens is 1. The Morgan fingerprint density at radius 1 is 1.50 bits per heavy atom. The van der Waals surface area contributed by atoms with Crippen molar-refractivity contribution in [2.75, 3.05) is 0 Å². The van der Waals surface area contributed by atoms with Gasteiger partial charge in [0.15, 0.2) is 0 Å². The van der Waals surface area contributed by atoms with Crippen molar-refractivity contribution in [3.05, 3.63) is 48.2 Å². The molecule has 1 heterocycles. The Labute approximate surface area is 105 Å². The van der Waals surface area contributed by atoms with Crippen LogP contribution < -0.4 is 0 Å². The lowest BCUT2D eigenvalue weighted by Gasteiger charge is -2.14. The fourth-order valence-electron chi connectivity index (χ4n) is 2.02. The van der Waals surface area contributed by atoms with Crippen molar-refractivity contribution in [1.82, 2.24) is 4.98 Å². The molecule has 0 bridgehead atoms. The third-order valence-electron chi connectivity index (χ3n) is 2.83. The topological polar surface area (TPSA) is 15.8 Å². The summed E-state index contributed by atoms with van der Waals surface area (Å²) in [5.74, 6) is 0. The van der Waals surface area contributed by atoms with Crippen LogP contribution in [0.15, 0.2) is 37.1 Å². The van der Waals surface area contributed by atoms with Crippen molar-refractivity contribution in [1.29, 1.82) is 0 Å². The molecule has 16 heavy (non-hydrogen) atoms. The van der Waals surface area contributed by atoms with Crippen molar-refractivity contribution in [3.8, 4) is 0 Å². The second-order valence-electron chi connectivity index (χ2n) is 3.81. The summed E-state index contributed by atoms with van der Waals surface area (Å²) in [4.78, 5) is 3.24. The summed E-state index contributed by atoms with van der Waals surface area (Å²) in [6.07, 6.45) is 4.85. The maximum absolute atomic E-state index is 4.30. The second kappa shape index (κ2) is 5.02. The predicted octanol–water partition coefficient (Wildman–Crippen LogP) is 4.54. The maximum Gasteiger partial charge on any atom is 0.0457 e. The molecule has 0 fully saturated rings. The Morgan fingerprint density at radius 2 is 2.31 bits per heavy atom. The summed E-state index contributed by atoms with van der Waals surface area (Å²) in [6.45, 7) is 6.02. The molecule has 0 aliphatic carbocycles. The maximum atomic E-state index is 4.30. The van der Waals surface area contributed by atoms with Crippen molar-refractivity contribution in [2.45, 2.75) is 18.6 Å². The van der Waals surface area contributed by atoms with Crippen LogP contribution >= 0.6 is 22.5 Å². The number of thiol groups is 1. The molecule has 1 aromatic heterocycles. The highest BCUT2D eigenvalue weighted by Crippen LogP contribution is 2.35. The van der Waals surface area contributed by atoms with Crippen LogP contribution in [-0.4, -0.2) is 4.98 Å². The van der Waals surface area contributed by atoms with Gasteiger partial charge < -0.3 is 4.98 Å². The van der Waals surface area contributed by atoms with Gasteiger partial charge in [-0.3, -0.25) is 0 Å². The SMILES string of the molecule is C=CCc1c(C(C)SS)ccc2[nH]ccc12. The molecule has 2 aromatic rings. The highest BCUT2D eigenvalue weighted by molar-refractivity contribution is 8.68. The number of fused-ring (bicyclic) bond motifs is 1. The Morgan fingerprint density at radius 3 is 3.00 bits per heavy atom. The number of benzene rings is 1. The fourth-order valence-corrected chi connectivity index (χ4v) is 2.70. The van der Waals surface area contributed by atoms with Crippen LogP contribution in [0.25, 0.3) is 10.9 Å². The summed E-state index contributed by atoms with van der Waals surface area (Å²) in [5, 5.41) is 1.70. The third kappa shape index (κ3) is 2.02. The summed E-state index contributed by atoms with van der Waals surface area (Å²) in [5.41, 5.74) is 3.91. The molecular formula is C13H15NS2. The first-order valence-electron chi connectivity index (χ1n) is 5.28. The number of allylic oxidation sites excluding steroid dienone is 1. The van der Waals surface area contributed by atoms with Crippen molar-refractivity contribution < 1.29 is 0 Å². The summed E-state index contributed by atoms with van der Waals surface area (Å²) >= 11 is 4.30. The van der Waals surface area contributed by atoms with Crippen molar-refractivity contribution >= 4 is 33.4 Å². The molecule has 0 aliphatic rings. The molecule has 1 unspecified atom stereocenters. The Bertz CT molecular complexity index is 502. The Balaban J connectivity index is 2.62. The van der Waals surface area contributed by atoms with E-state index in [4.69, 9.17) is 0 Å². The molecule has 0 aliphatic heterocycles. The Hall–Kier alpha value is -0.800. The number of hydrogen-bond donors (Lipinski definition) is 2. The number of rotatable bonds is 4. The minimum absolute atomic E-state index is 0.401. The lowest BCUT2D eigenvalue weighted by Crippen LogP contribution is -1.95. The van der Waals surface area contributed by atoms with Crippen LogP contribution in [0, 0.1) is 0 Å². The van der Waals surface area contributed by atoms with E-state index in [2.05, 4.69) is 48.3 Å². The average molecular weight is 249 g/mol. The van der Waals surface area contributed by atoms with E-state index in [1.54, 1.807) is 10.8 Å². The van der Waals surface area contributed by atoms with Crippen LogP contribution in [0.5, 0.6) is 0 Å². The number of nitrogens with one attached hydrogen (secondary N) is 1. The van der Waals surface area contributed by atoms with Gasteiger partial charge in [-0.25, -0.2) is 0 Å². The second-order valence-corrected chi connectivity index (χ2v) is 5.36. The number of hydrogen-bond acceptors (Lipinski definition) is 2. The molecule has 2 rings (SSSR count). The molecule has 84 valence electrons. The minimum Gasteiger partial charge on any atom is -0.361 e. The molecule has 0 saturated heterocycles. The lowest BCUT2D eigenvalue weighted by atomic mass is 9.98. The number of aromatic nitrogens is 1. The molecule has 1 N–H and O–H groups in total. The first-order chi connectivity index (χ1) is 7.77. The van der Waals surface area contributed by atoms with E-state index in [0.29, 0.717) is 5.25 Å². The highest BCUT2D eigenvalue weighted by atomic mass is 33.1. The van der Waals surface area contributed by atoms with E-state index in [1.165, 1.54) is 22.0 Å². The Kier molecular flexibility index (Phi) is 3.66. The molecular weight excluding hydrogens is 234 g/mol. The van der Waals surface area contributed by atoms with E-state index < -0.39 is 0 Å². The van der Waals surface area contributed by atoms with Gasteiger partial charge in [0, 0.05) is 22.3 Å². The average Bonchev–Trinajstić information content (AvgIpc) is 2.77. The third-order valence-corrected chi connectivity index (χ3v) is 4.35. The van der Waals surface area contributed by atoms with Crippen molar-refractivity contribution in [3.63, 3.8) is 0 Å². The van der Waals surface area contributed by atoms with Crippen molar-refractivity contribution in [2.24, 2.45) is 0 Å². The van der Waals surface area contributed by atoms with Gasteiger partial charge in [-0.05, 0) is 36.6 Å². The molecule has 0 saturated carbocycles. The van der Waals surface area contributed by atoms with E-state index in [9.17, 15) is 0 Å². The van der Waals surface area contributed by atoms with E-state index in [0.717, 1.165) is 6.42 Å². The monoisotopic (exact) mass is 249 g/mol. The molecule has 1 atom stereocenters. The largest absolute Gasteiger partial charge is 0.361 e. The van der Waals surface area contributed by atoms with Gasteiger partial charge >= 0.3 is 0 Å². The fraction of sp³-hybridized carbons (Fsp3) is 0.231. The zero-order valence-electron chi connectivity index (χ0n) is 9.23. The van der Waals surface area contributed by atoms with Gasteiger partial charge in [-0.2, -0.15) is 0 Å². The minimum atomic E-state index is 0.401. The highest BCUT2D eigenvalue weighted by Gasteiger charge is 2.12. The molecule has 1 nitrogen and oxygen atoms in total. The van der Waals surface area contributed by atoms with Gasteiger partial charge in [-0.15, -0.1) is 18.2 Å².